The first-order valence-corrected chi connectivity index (χ1v) is 6.86. The average molecular weight is 251 g/mol. The summed E-state index contributed by atoms with van der Waals surface area (Å²) < 4.78 is 1.98. The molecule has 2 heterocycles. The van der Waals surface area contributed by atoms with E-state index in [1.54, 1.807) is 0 Å². The van der Waals surface area contributed by atoms with Crippen molar-refractivity contribution in [3.8, 4) is 0 Å². The van der Waals surface area contributed by atoms with Gasteiger partial charge in [0.1, 0.15) is 0 Å². The van der Waals surface area contributed by atoms with Gasteiger partial charge in [0.25, 0.3) is 0 Å². The fraction of sp³-hybridized carbons (Fsp3) is 0.769. The molecule has 1 aromatic heterocycles. The second-order valence-electron chi connectivity index (χ2n) is 5.23. The second-order valence-corrected chi connectivity index (χ2v) is 5.23. The summed E-state index contributed by atoms with van der Waals surface area (Å²) in [5.41, 5.74) is 0. The van der Waals surface area contributed by atoms with Crippen molar-refractivity contribution in [1.29, 1.82) is 0 Å². The third kappa shape index (κ3) is 4.40. The molecule has 0 radical (unpaired) electrons. The van der Waals surface area contributed by atoms with Crippen molar-refractivity contribution >= 4 is 0 Å². The molecule has 1 fully saturated rings. The third-order valence-corrected chi connectivity index (χ3v) is 3.54. The minimum Gasteiger partial charge on any atom is -0.311 e. The smallest absolute Gasteiger partial charge is 0.0559 e. The van der Waals surface area contributed by atoms with Crippen LogP contribution in [-0.4, -0.2) is 71.9 Å². The Balaban J connectivity index is 1.57. The zero-order valence-electron chi connectivity index (χ0n) is 11.5. The van der Waals surface area contributed by atoms with Crippen LogP contribution in [-0.2, 0) is 6.54 Å². The number of likely N-dealkylation sites (N-methyl/N-ethyl adjacent to an activating group) is 1. The van der Waals surface area contributed by atoms with Crippen LogP contribution in [0.1, 0.15) is 6.92 Å². The van der Waals surface area contributed by atoms with Crippen LogP contribution in [0.5, 0.6) is 0 Å². The predicted molar refractivity (Wildman–Crippen MR) is 73.6 cm³/mol. The van der Waals surface area contributed by atoms with Gasteiger partial charge in [-0.1, -0.05) is 0 Å². The van der Waals surface area contributed by atoms with Gasteiger partial charge in [0, 0.05) is 57.7 Å². The Morgan fingerprint density at radius 1 is 1.28 bits per heavy atom. The molecule has 1 aliphatic heterocycles. The molecule has 1 aliphatic rings. The molecule has 0 aromatic carbocycles. The quantitative estimate of drug-likeness (QED) is 0.778. The lowest BCUT2D eigenvalue weighted by molar-refractivity contribution is 0.153. The monoisotopic (exact) mass is 251 g/mol. The molecule has 1 N–H and O–H groups in total. The highest BCUT2D eigenvalue weighted by atomic mass is 15.3. The fourth-order valence-electron chi connectivity index (χ4n) is 2.29. The van der Waals surface area contributed by atoms with Crippen molar-refractivity contribution in [1.82, 2.24) is 24.9 Å². The molecule has 1 saturated heterocycles. The van der Waals surface area contributed by atoms with Gasteiger partial charge in [-0.05, 0) is 20.0 Å². The van der Waals surface area contributed by atoms with Gasteiger partial charge in [0.2, 0.25) is 0 Å². The normalized spacial score (nSPS) is 20.1. The van der Waals surface area contributed by atoms with Crippen molar-refractivity contribution in [2.24, 2.45) is 0 Å². The van der Waals surface area contributed by atoms with E-state index in [-0.39, 0.29) is 0 Å². The first-order chi connectivity index (χ1) is 8.74. The minimum absolute atomic E-state index is 0.470. The van der Waals surface area contributed by atoms with E-state index in [1.165, 1.54) is 26.2 Å². The van der Waals surface area contributed by atoms with E-state index in [1.807, 2.05) is 23.1 Å². The number of hydrogen-bond donors (Lipinski definition) is 1. The Morgan fingerprint density at radius 3 is 2.72 bits per heavy atom. The summed E-state index contributed by atoms with van der Waals surface area (Å²) in [4.78, 5) is 4.93. The van der Waals surface area contributed by atoms with Crippen molar-refractivity contribution in [2.45, 2.75) is 19.5 Å². The lowest BCUT2D eigenvalue weighted by Gasteiger charge is -2.32. The fourth-order valence-corrected chi connectivity index (χ4v) is 2.29. The molecule has 0 saturated carbocycles. The van der Waals surface area contributed by atoms with Gasteiger partial charge in [-0.15, -0.1) is 0 Å². The first kappa shape index (κ1) is 13.5. The summed E-state index contributed by atoms with van der Waals surface area (Å²) in [7, 11) is 2.20. The first-order valence-electron chi connectivity index (χ1n) is 6.86. The molecular weight excluding hydrogens is 226 g/mol. The van der Waals surface area contributed by atoms with Crippen LogP contribution in [0.15, 0.2) is 18.5 Å². The van der Waals surface area contributed by atoms with E-state index in [2.05, 4.69) is 34.2 Å². The van der Waals surface area contributed by atoms with E-state index < -0.39 is 0 Å². The topological polar surface area (TPSA) is 36.3 Å². The number of rotatable bonds is 6. The molecule has 0 spiro atoms. The van der Waals surface area contributed by atoms with Crippen LogP contribution < -0.4 is 5.32 Å². The van der Waals surface area contributed by atoms with Crippen LogP contribution >= 0.6 is 0 Å². The second kappa shape index (κ2) is 6.87. The molecule has 0 aliphatic carbocycles. The maximum Gasteiger partial charge on any atom is 0.0559 e. The van der Waals surface area contributed by atoms with Crippen molar-refractivity contribution in [2.75, 3.05) is 46.3 Å². The number of aromatic nitrogens is 2. The van der Waals surface area contributed by atoms with Gasteiger partial charge >= 0.3 is 0 Å². The molecule has 0 bridgehead atoms. The van der Waals surface area contributed by atoms with E-state index in [4.69, 9.17) is 0 Å². The standard InChI is InChI=1S/C13H25N5/c1-13(12-18-6-3-4-15-18)14-5-7-17-10-8-16(2)9-11-17/h3-4,6,13-14H,5,7-12H2,1-2H3. The van der Waals surface area contributed by atoms with Gasteiger partial charge in [0.05, 0.1) is 6.54 Å². The third-order valence-electron chi connectivity index (χ3n) is 3.54. The lowest BCUT2D eigenvalue weighted by Crippen LogP contribution is -2.47. The van der Waals surface area contributed by atoms with Crippen molar-refractivity contribution in [3.05, 3.63) is 18.5 Å². The minimum atomic E-state index is 0.470. The predicted octanol–water partition coefficient (Wildman–Crippen LogP) is 0.109. The summed E-state index contributed by atoms with van der Waals surface area (Å²) in [6.07, 6.45) is 3.84. The van der Waals surface area contributed by atoms with Gasteiger partial charge in [-0.2, -0.15) is 5.10 Å². The average Bonchev–Trinajstić information content (AvgIpc) is 2.84. The zero-order valence-corrected chi connectivity index (χ0v) is 11.5. The largest absolute Gasteiger partial charge is 0.311 e. The number of hydrogen-bond acceptors (Lipinski definition) is 4. The maximum atomic E-state index is 4.22. The highest BCUT2D eigenvalue weighted by Crippen LogP contribution is 1.98. The molecule has 1 unspecified atom stereocenters. The summed E-state index contributed by atoms with van der Waals surface area (Å²) in [6.45, 7) is 10.2. The van der Waals surface area contributed by atoms with Crippen molar-refractivity contribution < 1.29 is 0 Å². The molecule has 5 heteroatoms. The Bertz CT molecular complexity index is 316. The number of nitrogens with zero attached hydrogens (tertiary/aromatic N) is 4. The van der Waals surface area contributed by atoms with Crippen LogP contribution in [0.4, 0.5) is 0 Å². The summed E-state index contributed by atoms with van der Waals surface area (Å²) >= 11 is 0. The molecule has 1 atom stereocenters. The van der Waals surface area contributed by atoms with Crippen molar-refractivity contribution in [3.63, 3.8) is 0 Å². The molecule has 5 nitrogen and oxygen atoms in total. The molecule has 0 amide bonds. The molecular formula is C13H25N5. The SMILES string of the molecule is CC(Cn1cccn1)NCCN1CCN(C)CC1. The highest BCUT2D eigenvalue weighted by molar-refractivity contribution is 4.79. The summed E-state index contributed by atoms with van der Waals surface area (Å²) in [6, 6.07) is 2.44. The van der Waals surface area contributed by atoms with E-state index in [0.29, 0.717) is 6.04 Å². The molecule has 18 heavy (non-hydrogen) atoms. The number of nitrogens with one attached hydrogen (secondary N) is 1. The van der Waals surface area contributed by atoms with E-state index >= 15 is 0 Å². The Hall–Kier alpha value is -0.910. The Labute approximate surface area is 110 Å². The maximum absolute atomic E-state index is 4.22. The van der Waals surface area contributed by atoms with Crippen LogP contribution in [0.2, 0.25) is 0 Å². The van der Waals surface area contributed by atoms with Gasteiger partial charge in [-0.25, -0.2) is 0 Å². The number of piperazine rings is 1. The van der Waals surface area contributed by atoms with E-state index in [9.17, 15) is 0 Å². The van der Waals surface area contributed by atoms with E-state index in [0.717, 1.165) is 19.6 Å². The van der Waals surface area contributed by atoms with Crippen LogP contribution in [0, 0.1) is 0 Å². The lowest BCUT2D eigenvalue weighted by atomic mass is 10.3. The van der Waals surface area contributed by atoms with Crippen LogP contribution in [0.3, 0.4) is 0 Å². The zero-order chi connectivity index (χ0) is 12.8. The Kier molecular flexibility index (Phi) is 5.16. The summed E-state index contributed by atoms with van der Waals surface area (Å²) in [5.74, 6) is 0. The molecule has 1 aromatic rings. The van der Waals surface area contributed by atoms with Crippen LogP contribution in [0.25, 0.3) is 0 Å². The van der Waals surface area contributed by atoms with Gasteiger partial charge in [-0.3, -0.25) is 9.58 Å². The van der Waals surface area contributed by atoms with Gasteiger partial charge < -0.3 is 10.2 Å². The van der Waals surface area contributed by atoms with Gasteiger partial charge in [0.15, 0.2) is 0 Å². The Morgan fingerprint density at radius 2 is 2.06 bits per heavy atom. The summed E-state index contributed by atoms with van der Waals surface area (Å²) in [5, 5.41) is 7.79. The molecule has 102 valence electrons. The highest BCUT2D eigenvalue weighted by Gasteiger charge is 2.13. The molecule has 2 rings (SSSR count).